The lowest BCUT2D eigenvalue weighted by molar-refractivity contribution is 0.0946. The van der Waals surface area contributed by atoms with E-state index in [4.69, 9.17) is 0 Å². The van der Waals surface area contributed by atoms with Crippen LogP contribution in [0.25, 0.3) is 5.69 Å². The number of aryl methyl sites for hydroxylation is 2. The third kappa shape index (κ3) is 3.68. The molecular weight excluding hydrogens is 322 g/mol. The normalized spacial score (nSPS) is 10.8. The Labute approximate surface area is 144 Å². The quantitative estimate of drug-likeness (QED) is 0.748. The van der Waals surface area contributed by atoms with Gasteiger partial charge in [-0.3, -0.25) is 4.79 Å². The van der Waals surface area contributed by atoms with Gasteiger partial charge < -0.3 is 5.32 Å². The Balaban J connectivity index is 1.64. The second kappa shape index (κ2) is 7.35. The van der Waals surface area contributed by atoms with Gasteiger partial charge in [-0.1, -0.05) is 30.3 Å². The number of para-hydroxylation sites is 1. The van der Waals surface area contributed by atoms with Crippen LogP contribution in [-0.4, -0.2) is 25.9 Å². The standard InChI is InChI=1S/C17H19N5OS/c1-3-7-16-19-12(2)15(24-16)10-18-17(23)14-11-22(21-20-14)13-8-5-4-6-9-13/h4-6,8-9,11H,3,7,10H2,1-2H3,(H,18,23). The summed E-state index contributed by atoms with van der Waals surface area (Å²) in [6, 6.07) is 9.57. The van der Waals surface area contributed by atoms with Gasteiger partial charge in [0.2, 0.25) is 0 Å². The second-order valence-corrected chi connectivity index (χ2v) is 6.60. The number of hydrogen-bond donors (Lipinski definition) is 1. The molecule has 6 nitrogen and oxygen atoms in total. The zero-order chi connectivity index (χ0) is 16.9. The molecular formula is C17H19N5OS. The van der Waals surface area contributed by atoms with E-state index in [1.165, 1.54) is 0 Å². The Morgan fingerprint density at radius 2 is 2.08 bits per heavy atom. The van der Waals surface area contributed by atoms with Crippen LogP contribution in [-0.2, 0) is 13.0 Å². The van der Waals surface area contributed by atoms with Crippen molar-refractivity contribution in [3.05, 3.63) is 57.8 Å². The molecule has 0 aliphatic rings. The first-order valence-corrected chi connectivity index (χ1v) is 8.70. The van der Waals surface area contributed by atoms with E-state index in [0.29, 0.717) is 12.2 Å². The van der Waals surface area contributed by atoms with Gasteiger partial charge in [-0.15, -0.1) is 16.4 Å². The maximum absolute atomic E-state index is 12.3. The molecule has 7 heteroatoms. The van der Waals surface area contributed by atoms with Gasteiger partial charge in [0.15, 0.2) is 5.69 Å². The van der Waals surface area contributed by atoms with Crippen LogP contribution in [0.1, 0.15) is 39.4 Å². The summed E-state index contributed by atoms with van der Waals surface area (Å²) >= 11 is 1.66. The summed E-state index contributed by atoms with van der Waals surface area (Å²) in [5, 5.41) is 12.0. The minimum atomic E-state index is -0.234. The minimum Gasteiger partial charge on any atom is -0.346 e. The summed E-state index contributed by atoms with van der Waals surface area (Å²) < 4.78 is 1.59. The summed E-state index contributed by atoms with van der Waals surface area (Å²) in [5.41, 5.74) is 2.15. The molecule has 0 spiro atoms. The van der Waals surface area contributed by atoms with Gasteiger partial charge in [0.05, 0.1) is 29.1 Å². The molecule has 124 valence electrons. The molecule has 3 aromatic rings. The van der Waals surface area contributed by atoms with E-state index in [-0.39, 0.29) is 5.91 Å². The van der Waals surface area contributed by atoms with Gasteiger partial charge in [-0.25, -0.2) is 9.67 Å². The summed E-state index contributed by atoms with van der Waals surface area (Å²) in [7, 11) is 0. The van der Waals surface area contributed by atoms with Crippen molar-refractivity contribution in [3.8, 4) is 5.69 Å². The van der Waals surface area contributed by atoms with Crippen molar-refractivity contribution in [2.24, 2.45) is 0 Å². The molecule has 0 saturated carbocycles. The van der Waals surface area contributed by atoms with Crippen LogP contribution in [0.2, 0.25) is 0 Å². The highest BCUT2D eigenvalue weighted by molar-refractivity contribution is 7.11. The number of carbonyl (C=O) groups is 1. The minimum absolute atomic E-state index is 0.234. The van der Waals surface area contributed by atoms with Gasteiger partial charge in [0.25, 0.3) is 5.91 Å². The van der Waals surface area contributed by atoms with Gasteiger partial charge in [0.1, 0.15) is 0 Å². The molecule has 0 aliphatic carbocycles. The molecule has 0 saturated heterocycles. The number of thiazole rings is 1. The van der Waals surface area contributed by atoms with Crippen LogP contribution < -0.4 is 5.32 Å². The SMILES string of the molecule is CCCc1nc(C)c(CNC(=O)c2cn(-c3ccccc3)nn2)s1. The number of nitrogens with one attached hydrogen (secondary N) is 1. The summed E-state index contributed by atoms with van der Waals surface area (Å²) in [5.74, 6) is -0.234. The first-order chi connectivity index (χ1) is 11.7. The smallest absolute Gasteiger partial charge is 0.273 e. The molecule has 1 amide bonds. The first kappa shape index (κ1) is 16.3. The number of nitrogens with zero attached hydrogens (tertiary/aromatic N) is 4. The van der Waals surface area contributed by atoms with E-state index in [1.54, 1.807) is 22.2 Å². The molecule has 3 rings (SSSR count). The molecule has 0 atom stereocenters. The predicted molar refractivity (Wildman–Crippen MR) is 93.4 cm³/mol. The highest BCUT2D eigenvalue weighted by Crippen LogP contribution is 2.19. The van der Waals surface area contributed by atoms with Crippen molar-refractivity contribution < 1.29 is 4.79 Å². The van der Waals surface area contributed by atoms with Crippen LogP contribution >= 0.6 is 11.3 Å². The molecule has 0 fully saturated rings. The molecule has 0 aliphatic heterocycles. The number of benzene rings is 1. The zero-order valence-corrected chi connectivity index (χ0v) is 14.5. The summed E-state index contributed by atoms with van der Waals surface area (Å²) in [6.07, 6.45) is 3.68. The van der Waals surface area contributed by atoms with Crippen LogP contribution in [0.15, 0.2) is 36.5 Å². The number of carbonyl (C=O) groups excluding carboxylic acids is 1. The van der Waals surface area contributed by atoms with E-state index in [1.807, 2.05) is 37.3 Å². The number of amides is 1. The summed E-state index contributed by atoms with van der Waals surface area (Å²) in [6.45, 7) is 4.57. The van der Waals surface area contributed by atoms with E-state index >= 15 is 0 Å². The van der Waals surface area contributed by atoms with E-state index < -0.39 is 0 Å². The fourth-order valence-electron chi connectivity index (χ4n) is 2.30. The van der Waals surface area contributed by atoms with Crippen LogP contribution in [0.3, 0.4) is 0 Å². The summed E-state index contributed by atoms with van der Waals surface area (Å²) in [4.78, 5) is 17.9. The maximum Gasteiger partial charge on any atom is 0.273 e. The fraction of sp³-hybridized carbons (Fsp3) is 0.294. The third-order valence-corrected chi connectivity index (χ3v) is 4.77. The highest BCUT2D eigenvalue weighted by Gasteiger charge is 2.13. The molecule has 0 unspecified atom stereocenters. The lowest BCUT2D eigenvalue weighted by Gasteiger charge is -2.01. The highest BCUT2D eigenvalue weighted by atomic mass is 32.1. The lowest BCUT2D eigenvalue weighted by atomic mass is 10.3. The van der Waals surface area contributed by atoms with Crippen molar-refractivity contribution in [2.75, 3.05) is 0 Å². The van der Waals surface area contributed by atoms with Crippen molar-refractivity contribution in [1.29, 1.82) is 0 Å². The Morgan fingerprint density at radius 1 is 1.29 bits per heavy atom. The van der Waals surface area contributed by atoms with Crippen molar-refractivity contribution >= 4 is 17.2 Å². The molecule has 2 aromatic heterocycles. The van der Waals surface area contributed by atoms with Gasteiger partial charge >= 0.3 is 0 Å². The van der Waals surface area contributed by atoms with Crippen molar-refractivity contribution in [3.63, 3.8) is 0 Å². The van der Waals surface area contributed by atoms with Crippen LogP contribution in [0.5, 0.6) is 0 Å². The predicted octanol–water partition coefficient (Wildman–Crippen LogP) is 2.91. The Hall–Kier alpha value is -2.54. The Bertz CT molecular complexity index is 825. The molecule has 2 heterocycles. The lowest BCUT2D eigenvalue weighted by Crippen LogP contribution is -2.23. The third-order valence-electron chi connectivity index (χ3n) is 3.56. The average Bonchev–Trinajstić information content (AvgIpc) is 3.21. The topological polar surface area (TPSA) is 72.7 Å². The van der Waals surface area contributed by atoms with Gasteiger partial charge in [-0.2, -0.15) is 0 Å². The van der Waals surface area contributed by atoms with E-state index in [9.17, 15) is 4.79 Å². The number of rotatable bonds is 6. The van der Waals surface area contributed by atoms with Crippen LogP contribution in [0.4, 0.5) is 0 Å². The molecule has 0 bridgehead atoms. The molecule has 24 heavy (non-hydrogen) atoms. The number of hydrogen-bond acceptors (Lipinski definition) is 5. The van der Waals surface area contributed by atoms with Crippen LogP contribution in [0, 0.1) is 6.92 Å². The Kier molecular flexibility index (Phi) is 5.00. The largest absolute Gasteiger partial charge is 0.346 e. The van der Waals surface area contributed by atoms with Crippen molar-refractivity contribution in [2.45, 2.75) is 33.2 Å². The fourth-order valence-corrected chi connectivity index (χ4v) is 3.41. The average molecular weight is 341 g/mol. The maximum atomic E-state index is 12.3. The van der Waals surface area contributed by atoms with E-state index in [2.05, 4.69) is 27.5 Å². The Morgan fingerprint density at radius 3 is 2.83 bits per heavy atom. The molecule has 1 N–H and O–H groups in total. The molecule has 1 aromatic carbocycles. The second-order valence-electron chi connectivity index (χ2n) is 5.43. The van der Waals surface area contributed by atoms with Gasteiger partial charge in [0, 0.05) is 4.88 Å². The monoisotopic (exact) mass is 341 g/mol. The zero-order valence-electron chi connectivity index (χ0n) is 13.7. The molecule has 0 radical (unpaired) electrons. The van der Waals surface area contributed by atoms with Gasteiger partial charge in [-0.05, 0) is 31.9 Å². The van der Waals surface area contributed by atoms with Crippen molar-refractivity contribution in [1.82, 2.24) is 25.3 Å². The number of aromatic nitrogens is 4. The van der Waals surface area contributed by atoms with E-state index in [0.717, 1.165) is 34.1 Å². The first-order valence-electron chi connectivity index (χ1n) is 7.88.